The normalized spacial score (nSPS) is 13.9. The van der Waals surface area contributed by atoms with Gasteiger partial charge in [0, 0.05) is 12.2 Å². The summed E-state index contributed by atoms with van der Waals surface area (Å²) in [5, 5.41) is 2.68. The van der Waals surface area contributed by atoms with E-state index < -0.39 is 29.8 Å². The molecule has 7 heteroatoms. The van der Waals surface area contributed by atoms with Crippen molar-refractivity contribution in [1.82, 2.24) is 4.90 Å². The molecule has 1 aliphatic heterocycles. The minimum atomic E-state index is -1.00. The summed E-state index contributed by atoms with van der Waals surface area (Å²) < 4.78 is 5.12. The molecule has 7 nitrogen and oxygen atoms in total. The number of ether oxygens (including phenoxy) is 1. The zero-order chi connectivity index (χ0) is 20.3. The van der Waals surface area contributed by atoms with Crippen LogP contribution in [0.1, 0.15) is 39.6 Å². The van der Waals surface area contributed by atoms with Gasteiger partial charge in [-0.25, -0.2) is 0 Å². The number of carbonyl (C=O) groups excluding carboxylic acids is 4. The molecule has 1 aliphatic rings. The van der Waals surface area contributed by atoms with Crippen LogP contribution in [0.15, 0.2) is 48.5 Å². The van der Waals surface area contributed by atoms with Crippen molar-refractivity contribution in [2.45, 2.75) is 26.4 Å². The fraction of sp³-hybridized carbons (Fsp3) is 0.238. The van der Waals surface area contributed by atoms with Gasteiger partial charge in [0.2, 0.25) is 0 Å². The van der Waals surface area contributed by atoms with Crippen LogP contribution in [0.4, 0.5) is 5.69 Å². The standard InChI is InChI=1S/C21H20N2O5/c1-13-6-5-7-15(12-13)22-19(25)14(2)28-18(24)10-11-23-20(26)16-8-3-4-9-17(16)21(23)27/h3-9,12,14H,10-11H2,1-2H3,(H,22,25)/t14-/m0/s1. The summed E-state index contributed by atoms with van der Waals surface area (Å²) in [6.07, 6.45) is -1.19. The van der Waals surface area contributed by atoms with Crippen LogP contribution in [0, 0.1) is 6.92 Å². The van der Waals surface area contributed by atoms with Crippen LogP contribution in [0.5, 0.6) is 0 Å². The molecule has 0 unspecified atom stereocenters. The number of anilines is 1. The van der Waals surface area contributed by atoms with E-state index in [1.165, 1.54) is 6.92 Å². The van der Waals surface area contributed by atoms with E-state index in [1.54, 1.807) is 36.4 Å². The Balaban J connectivity index is 1.51. The van der Waals surface area contributed by atoms with Gasteiger partial charge in [-0.3, -0.25) is 24.1 Å². The summed E-state index contributed by atoms with van der Waals surface area (Å²) in [5.74, 6) is -1.99. The van der Waals surface area contributed by atoms with Gasteiger partial charge in [-0.2, -0.15) is 0 Å². The van der Waals surface area contributed by atoms with Crippen molar-refractivity contribution in [2.75, 3.05) is 11.9 Å². The maximum absolute atomic E-state index is 12.3. The fourth-order valence-electron chi connectivity index (χ4n) is 2.92. The van der Waals surface area contributed by atoms with Crippen LogP contribution >= 0.6 is 0 Å². The zero-order valence-electron chi connectivity index (χ0n) is 15.6. The van der Waals surface area contributed by atoms with Crippen molar-refractivity contribution >= 4 is 29.4 Å². The Morgan fingerprint density at radius 1 is 1.04 bits per heavy atom. The highest BCUT2D eigenvalue weighted by Crippen LogP contribution is 2.22. The summed E-state index contributed by atoms with van der Waals surface area (Å²) in [5.41, 5.74) is 2.25. The fourth-order valence-corrected chi connectivity index (χ4v) is 2.92. The first-order chi connectivity index (χ1) is 13.4. The van der Waals surface area contributed by atoms with E-state index in [2.05, 4.69) is 5.32 Å². The van der Waals surface area contributed by atoms with E-state index in [9.17, 15) is 19.2 Å². The Kier molecular flexibility index (Phi) is 5.54. The number of carbonyl (C=O) groups is 4. The Labute approximate surface area is 162 Å². The van der Waals surface area contributed by atoms with E-state index in [1.807, 2.05) is 19.1 Å². The van der Waals surface area contributed by atoms with Gasteiger partial charge >= 0.3 is 5.97 Å². The molecule has 2 aromatic rings. The summed E-state index contributed by atoms with van der Waals surface area (Å²) >= 11 is 0. The molecule has 144 valence electrons. The number of imide groups is 1. The summed E-state index contributed by atoms with van der Waals surface area (Å²) in [7, 11) is 0. The van der Waals surface area contributed by atoms with Gasteiger partial charge in [-0.1, -0.05) is 24.3 Å². The molecule has 1 atom stereocenters. The third kappa shape index (κ3) is 4.09. The smallest absolute Gasteiger partial charge is 0.308 e. The average Bonchev–Trinajstić information content (AvgIpc) is 2.91. The maximum Gasteiger partial charge on any atom is 0.308 e. The first kappa shape index (κ1) is 19.3. The molecule has 0 saturated heterocycles. The summed E-state index contributed by atoms with van der Waals surface area (Å²) in [6, 6.07) is 13.8. The molecule has 3 rings (SSSR count). The predicted octanol–water partition coefficient (Wildman–Crippen LogP) is 2.55. The first-order valence-corrected chi connectivity index (χ1v) is 8.89. The number of fused-ring (bicyclic) bond motifs is 1. The van der Waals surface area contributed by atoms with Gasteiger partial charge in [-0.05, 0) is 43.7 Å². The van der Waals surface area contributed by atoms with Crippen LogP contribution in [0.2, 0.25) is 0 Å². The Bertz CT molecular complexity index is 918. The average molecular weight is 380 g/mol. The van der Waals surface area contributed by atoms with Crippen molar-refractivity contribution in [3.05, 3.63) is 65.2 Å². The molecule has 28 heavy (non-hydrogen) atoms. The highest BCUT2D eigenvalue weighted by Gasteiger charge is 2.35. The molecular formula is C21H20N2O5. The predicted molar refractivity (Wildman–Crippen MR) is 102 cm³/mol. The number of benzene rings is 2. The van der Waals surface area contributed by atoms with Crippen LogP contribution < -0.4 is 5.32 Å². The van der Waals surface area contributed by atoms with Crippen LogP contribution in [-0.4, -0.2) is 41.2 Å². The Morgan fingerprint density at radius 3 is 2.29 bits per heavy atom. The second-order valence-corrected chi connectivity index (χ2v) is 6.55. The molecule has 0 bridgehead atoms. The van der Waals surface area contributed by atoms with Crippen molar-refractivity contribution in [3.8, 4) is 0 Å². The molecule has 0 fully saturated rings. The van der Waals surface area contributed by atoms with Crippen molar-refractivity contribution < 1.29 is 23.9 Å². The SMILES string of the molecule is Cc1cccc(NC(=O)[C@H](C)OC(=O)CCN2C(=O)c3ccccc3C2=O)c1. The number of hydrogen-bond acceptors (Lipinski definition) is 5. The van der Waals surface area contributed by atoms with E-state index >= 15 is 0 Å². The second-order valence-electron chi connectivity index (χ2n) is 6.55. The highest BCUT2D eigenvalue weighted by molar-refractivity contribution is 6.21. The number of aryl methyl sites for hydroxylation is 1. The minimum absolute atomic E-state index is 0.0998. The summed E-state index contributed by atoms with van der Waals surface area (Å²) in [6.45, 7) is 3.26. The third-order valence-electron chi connectivity index (χ3n) is 4.38. The van der Waals surface area contributed by atoms with Gasteiger partial charge in [0.25, 0.3) is 17.7 Å². The molecule has 0 aromatic heterocycles. The largest absolute Gasteiger partial charge is 0.452 e. The third-order valence-corrected chi connectivity index (χ3v) is 4.38. The van der Waals surface area contributed by atoms with Gasteiger partial charge in [-0.15, -0.1) is 0 Å². The van der Waals surface area contributed by atoms with E-state index in [4.69, 9.17) is 4.74 Å². The lowest BCUT2D eigenvalue weighted by molar-refractivity contribution is -0.153. The molecule has 0 aliphatic carbocycles. The molecule has 0 radical (unpaired) electrons. The van der Waals surface area contributed by atoms with Gasteiger partial charge in [0.15, 0.2) is 6.10 Å². The zero-order valence-corrected chi connectivity index (χ0v) is 15.6. The second kappa shape index (κ2) is 8.04. The molecule has 2 aromatic carbocycles. The maximum atomic E-state index is 12.3. The van der Waals surface area contributed by atoms with Crippen molar-refractivity contribution in [1.29, 1.82) is 0 Å². The lowest BCUT2D eigenvalue weighted by atomic mass is 10.1. The van der Waals surface area contributed by atoms with Crippen LogP contribution in [-0.2, 0) is 14.3 Å². The first-order valence-electron chi connectivity index (χ1n) is 8.89. The van der Waals surface area contributed by atoms with Gasteiger partial charge in [0.05, 0.1) is 17.5 Å². The lowest BCUT2D eigenvalue weighted by Gasteiger charge is -2.16. The van der Waals surface area contributed by atoms with Crippen molar-refractivity contribution in [3.63, 3.8) is 0 Å². The van der Waals surface area contributed by atoms with E-state index in [-0.39, 0.29) is 13.0 Å². The van der Waals surface area contributed by atoms with Gasteiger partial charge in [0.1, 0.15) is 0 Å². The van der Waals surface area contributed by atoms with E-state index in [0.717, 1.165) is 10.5 Å². The number of rotatable bonds is 6. The molecular weight excluding hydrogens is 360 g/mol. The van der Waals surface area contributed by atoms with Crippen LogP contribution in [0.25, 0.3) is 0 Å². The number of hydrogen-bond donors (Lipinski definition) is 1. The monoisotopic (exact) mass is 380 g/mol. The minimum Gasteiger partial charge on any atom is -0.452 e. The Morgan fingerprint density at radius 2 is 1.68 bits per heavy atom. The molecule has 1 N–H and O–H groups in total. The highest BCUT2D eigenvalue weighted by atomic mass is 16.5. The van der Waals surface area contributed by atoms with Gasteiger partial charge < -0.3 is 10.1 Å². The Hall–Kier alpha value is -3.48. The molecule has 1 heterocycles. The number of nitrogens with one attached hydrogen (secondary N) is 1. The number of esters is 1. The van der Waals surface area contributed by atoms with Crippen LogP contribution in [0.3, 0.4) is 0 Å². The topological polar surface area (TPSA) is 92.8 Å². The molecule has 0 saturated carbocycles. The number of nitrogens with zero attached hydrogens (tertiary/aromatic N) is 1. The molecule has 3 amide bonds. The number of amides is 3. The van der Waals surface area contributed by atoms with E-state index in [0.29, 0.717) is 16.8 Å². The summed E-state index contributed by atoms with van der Waals surface area (Å²) in [4.78, 5) is 49.8. The van der Waals surface area contributed by atoms with Crippen molar-refractivity contribution in [2.24, 2.45) is 0 Å². The lowest BCUT2D eigenvalue weighted by Crippen LogP contribution is -2.34. The molecule has 0 spiro atoms. The quantitative estimate of drug-likeness (QED) is 0.614.